The Morgan fingerprint density at radius 2 is 1.93 bits per heavy atom. The molecule has 0 spiro atoms. The number of carbonyl (C=O) groups is 1. The number of rotatable bonds is 5. The van der Waals surface area contributed by atoms with Gasteiger partial charge in [0.05, 0.1) is 6.54 Å². The fraction of sp³-hybridized carbons (Fsp3) is 0.0500. The smallest absolute Gasteiger partial charge is 0.279 e. The highest BCUT2D eigenvalue weighted by Crippen LogP contribution is 2.21. The number of aromatic nitrogens is 3. The lowest BCUT2D eigenvalue weighted by Gasteiger charge is -2.04. The maximum atomic E-state index is 13.0. The van der Waals surface area contributed by atoms with E-state index in [0.717, 1.165) is 5.56 Å². The summed E-state index contributed by atoms with van der Waals surface area (Å²) in [5, 5.41) is 11.4. The molecule has 6 nitrogen and oxygen atoms in total. The van der Waals surface area contributed by atoms with Crippen molar-refractivity contribution < 1.29 is 13.7 Å². The maximum absolute atomic E-state index is 13.0. The van der Waals surface area contributed by atoms with Gasteiger partial charge < -0.3 is 9.84 Å². The number of nitrogens with one attached hydrogen (secondary N) is 1. The van der Waals surface area contributed by atoms with Gasteiger partial charge in [-0.1, -0.05) is 35.0 Å². The molecule has 140 valence electrons. The largest absolute Gasteiger partial charge is 0.355 e. The van der Waals surface area contributed by atoms with Crippen molar-refractivity contribution in [3.8, 4) is 11.3 Å². The van der Waals surface area contributed by atoms with Crippen LogP contribution in [0, 0.1) is 5.82 Å². The van der Waals surface area contributed by atoms with Crippen molar-refractivity contribution in [3.63, 3.8) is 0 Å². The molecule has 1 N–H and O–H groups in total. The number of halogens is 2. The van der Waals surface area contributed by atoms with Gasteiger partial charge in [0.15, 0.2) is 17.3 Å². The molecule has 0 aliphatic carbocycles. The van der Waals surface area contributed by atoms with Gasteiger partial charge in [-0.05, 0) is 35.9 Å². The van der Waals surface area contributed by atoms with E-state index in [2.05, 4.69) is 15.6 Å². The summed E-state index contributed by atoms with van der Waals surface area (Å²) in [7, 11) is 0. The Labute approximate surface area is 164 Å². The monoisotopic (exact) mass is 396 g/mol. The number of hydrogen-bond acceptors (Lipinski definition) is 4. The van der Waals surface area contributed by atoms with Crippen LogP contribution < -0.4 is 5.32 Å². The third kappa shape index (κ3) is 3.94. The molecule has 0 aliphatic heterocycles. The minimum Gasteiger partial charge on any atom is -0.355 e. The van der Waals surface area contributed by atoms with Crippen LogP contribution in [0.3, 0.4) is 0 Å². The predicted octanol–water partition coefficient (Wildman–Crippen LogP) is 4.63. The van der Waals surface area contributed by atoms with Crippen molar-refractivity contribution >= 4 is 23.3 Å². The van der Waals surface area contributed by atoms with Crippen molar-refractivity contribution in [2.24, 2.45) is 0 Å². The lowest BCUT2D eigenvalue weighted by Crippen LogP contribution is -2.13. The van der Waals surface area contributed by atoms with Crippen molar-refractivity contribution in [1.82, 2.24) is 14.9 Å². The molecule has 0 fully saturated rings. The zero-order valence-electron chi connectivity index (χ0n) is 14.5. The topological polar surface area (TPSA) is 73.0 Å². The van der Waals surface area contributed by atoms with E-state index in [1.165, 1.54) is 18.2 Å². The van der Waals surface area contributed by atoms with Crippen LogP contribution in [0.1, 0.15) is 16.1 Å². The molecule has 0 saturated carbocycles. The van der Waals surface area contributed by atoms with Gasteiger partial charge in [-0.3, -0.25) is 9.48 Å². The van der Waals surface area contributed by atoms with Gasteiger partial charge in [0.1, 0.15) is 5.82 Å². The summed E-state index contributed by atoms with van der Waals surface area (Å²) in [6.07, 6.45) is 1.74. The summed E-state index contributed by atoms with van der Waals surface area (Å²) in [5.41, 5.74) is 1.64. The molecular weight excluding hydrogens is 383 g/mol. The molecule has 2 aromatic heterocycles. The molecule has 2 aromatic carbocycles. The Morgan fingerprint density at radius 1 is 1.14 bits per heavy atom. The Morgan fingerprint density at radius 3 is 2.71 bits per heavy atom. The number of benzene rings is 2. The molecule has 0 aliphatic rings. The third-order valence-electron chi connectivity index (χ3n) is 4.04. The fourth-order valence-electron chi connectivity index (χ4n) is 2.63. The summed E-state index contributed by atoms with van der Waals surface area (Å²) in [4.78, 5) is 12.4. The zero-order chi connectivity index (χ0) is 19.5. The molecular formula is C20H14ClFN4O2. The normalized spacial score (nSPS) is 10.8. The average molecular weight is 397 g/mol. The fourth-order valence-corrected chi connectivity index (χ4v) is 2.83. The molecule has 28 heavy (non-hydrogen) atoms. The summed E-state index contributed by atoms with van der Waals surface area (Å²) in [5.74, 6) is -0.0634. The van der Waals surface area contributed by atoms with Gasteiger partial charge in [-0.15, -0.1) is 0 Å². The van der Waals surface area contributed by atoms with Gasteiger partial charge in [-0.2, -0.15) is 5.10 Å². The predicted molar refractivity (Wildman–Crippen MR) is 103 cm³/mol. The Kier molecular flexibility index (Phi) is 4.90. The first kappa shape index (κ1) is 17.9. The van der Waals surface area contributed by atoms with Gasteiger partial charge in [0, 0.05) is 28.9 Å². The van der Waals surface area contributed by atoms with Gasteiger partial charge >= 0.3 is 0 Å². The Balaban J connectivity index is 1.44. The van der Waals surface area contributed by atoms with Crippen LogP contribution >= 0.6 is 11.6 Å². The molecule has 0 saturated heterocycles. The molecule has 1 amide bonds. The van der Waals surface area contributed by atoms with E-state index in [0.29, 0.717) is 28.7 Å². The van der Waals surface area contributed by atoms with Crippen LogP contribution in [0.25, 0.3) is 11.3 Å². The van der Waals surface area contributed by atoms with E-state index in [1.54, 1.807) is 29.1 Å². The third-order valence-corrected chi connectivity index (χ3v) is 4.41. The van der Waals surface area contributed by atoms with Crippen molar-refractivity contribution in [3.05, 3.63) is 89.0 Å². The van der Waals surface area contributed by atoms with Crippen LogP contribution in [0.5, 0.6) is 0 Å². The molecule has 0 atom stereocenters. The molecule has 0 radical (unpaired) electrons. The Bertz CT molecular complexity index is 1120. The van der Waals surface area contributed by atoms with Gasteiger partial charge in [-0.25, -0.2) is 4.39 Å². The number of nitrogens with zero attached hydrogens (tertiary/aromatic N) is 3. The highest BCUT2D eigenvalue weighted by atomic mass is 35.5. The van der Waals surface area contributed by atoms with Crippen LogP contribution in [0.2, 0.25) is 5.02 Å². The van der Waals surface area contributed by atoms with Gasteiger partial charge in [0.2, 0.25) is 0 Å². The van der Waals surface area contributed by atoms with E-state index in [-0.39, 0.29) is 11.5 Å². The summed E-state index contributed by atoms with van der Waals surface area (Å²) in [6, 6.07) is 16.4. The van der Waals surface area contributed by atoms with Crippen molar-refractivity contribution in [2.45, 2.75) is 6.54 Å². The van der Waals surface area contributed by atoms with E-state index >= 15 is 0 Å². The lowest BCUT2D eigenvalue weighted by atomic mass is 10.1. The second kappa shape index (κ2) is 7.66. The molecule has 4 rings (SSSR count). The first-order chi connectivity index (χ1) is 13.6. The zero-order valence-corrected chi connectivity index (χ0v) is 15.2. The van der Waals surface area contributed by atoms with Crippen molar-refractivity contribution in [1.29, 1.82) is 0 Å². The maximum Gasteiger partial charge on any atom is 0.279 e. The summed E-state index contributed by atoms with van der Waals surface area (Å²) in [6.45, 7) is 0.480. The van der Waals surface area contributed by atoms with Crippen LogP contribution in [0.15, 0.2) is 71.4 Å². The minimum absolute atomic E-state index is 0.0972. The number of hydrogen-bond donors (Lipinski definition) is 1. The van der Waals surface area contributed by atoms with E-state index in [1.807, 2.05) is 24.3 Å². The standard InChI is InChI=1S/C20H14ClFN4O2/c21-16-4-2-1-3-14(16)12-26-10-9-19(24-26)23-20(27)17-11-18(28-25-17)13-5-7-15(22)8-6-13/h1-11H,12H2,(H,23,24,27). The minimum atomic E-state index is -0.458. The van der Waals surface area contributed by atoms with Crippen LogP contribution in [0.4, 0.5) is 10.2 Å². The SMILES string of the molecule is O=C(Nc1ccn(Cc2ccccc2Cl)n1)c1cc(-c2ccc(F)cc2)on1. The lowest BCUT2D eigenvalue weighted by molar-refractivity contribution is 0.101. The first-order valence-corrected chi connectivity index (χ1v) is 8.77. The molecule has 2 heterocycles. The van der Waals surface area contributed by atoms with Crippen molar-refractivity contribution in [2.75, 3.05) is 5.32 Å². The number of carbonyl (C=O) groups excluding carboxylic acids is 1. The molecule has 0 unspecified atom stereocenters. The van der Waals surface area contributed by atoms with E-state index in [9.17, 15) is 9.18 Å². The number of amides is 1. The average Bonchev–Trinajstić information content (AvgIpc) is 3.34. The summed E-state index contributed by atoms with van der Waals surface area (Å²) < 4.78 is 19.9. The molecule has 4 aromatic rings. The highest BCUT2D eigenvalue weighted by molar-refractivity contribution is 6.31. The van der Waals surface area contributed by atoms with E-state index < -0.39 is 5.91 Å². The Hall–Kier alpha value is -3.45. The molecule has 8 heteroatoms. The molecule has 0 bridgehead atoms. The van der Waals surface area contributed by atoms with E-state index in [4.69, 9.17) is 16.1 Å². The highest BCUT2D eigenvalue weighted by Gasteiger charge is 2.15. The second-order valence-electron chi connectivity index (χ2n) is 6.03. The van der Waals surface area contributed by atoms with Crippen LogP contribution in [-0.4, -0.2) is 20.8 Å². The van der Waals surface area contributed by atoms with Gasteiger partial charge in [0.25, 0.3) is 5.91 Å². The second-order valence-corrected chi connectivity index (χ2v) is 6.43. The summed E-state index contributed by atoms with van der Waals surface area (Å²) >= 11 is 6.16. The quantitative estimate of drug-likeness (QED) is 0.533. The first-order valence-electron chi connectivity index (χ1n) is 8.39. The number of anilines is 1. The van der Waals surface area contributed by atoms with Crippen LogP contribution in [-0.2, 0) is 6.54 Å².